The van der Waals surface area contributed by atoms with Crippen molar-refractivity contribution in [1.29, 1.82) is 0 Å². The van der Waals surface area contributed by atoms with Crippen molar-refractivity contribution in [3.63, 3.8) is 0 Å². The molecule has 0 aliphatic rings. The number of benzene rings is 1. The number of nitrogens with one attached hydrogen (secondary N) is 1. The molecule has 0 radical (unpaired) electrons. The lowest BCUT2D eigenvalue weighted by atomic mass is 10.2. The van der Waals surface area contributed by atoms with Gasteiger partial charge in [0, 0.05) is 6.54 Å². The lowest BCUT2D eigenvalue weighted by Gasteiger charge is -2.13. The van der Waals surface area contributed by atoms with Crippen LogP contribution in [-0.4, -0.2) is 29.6 Å². The van der Waals surface area contributed by atoms with E-state index in [0.29, 0.717) is 12.1 Å². The topological polar surface area (TPSA) is 75.6 Å². The summed E-state index contributed by atoms with van der Waals surface area (Å²) in [4.78, 5) is 23.2. The molecule has 1 amide bonds. The lowest BCUT2D eigenvalue weighted by molar-refractivity contribution is -0.129. The van der Waals surface area contributed by atoms with Gasteiger partial charge in [0.05, 0.1) is 5.56 Å². The summed E-state index contributed by atoms with van der Waals surface area (Å²) < 4.78 is 5.00. The Hall–Kier alpha value is -2.04. The number of ether oxygens (including phenoxy) is 1. The second-order valence-electron chi connectivity index (χ2n) is 3.89. The van der Waals surface area contributed by atoms with Gasteiger partial charge in [0.15, 0.2) is 6.10 Å². The van der Waals surface area contributed by atoms with Gasteiger partial charge in [0.1, 0.15) is 5.75 Å². The largest absolute Gasteiger partial charge is 0.508 e. The Balaban J connectivity index is 2.53. The Kier molecular flexibility index (Phi) is 5.17. The Morgan fingerprint density at radius 1 is 1.33 bits per heavy atom. The van der Waals surface area contributed by atoms with Gasteiger partial charge in [-0.1, -0.05) is 6.92 Å². The fraction of sp³-hybridized carbons (Fsp3) is 0.385. The summed E-state index contributed by atoms with van der Waals surface area (Å²) >= 11 is 0. The number of phenols is 1. The quantitative estimate of drug-likeness (QED) is 0.777. The van der Waals surface area contributed by atoms with Crippen molar-refractivity contribution >= 4 is 11.9 Å². The third-order valence-electron chi connectivity index (χ3n) is 2.31. The molecule has 0 saturated heterocycles. The first-order valence-electron chi connectivity index (χ1n) is 5.82. The maximum atomic E-state index is 11.7. The molecule has 1 atom stereocenters. The molecule has 98 valence electrons. The molecule has 5 heteroatoms. The molecule has 1 rings (SSSR count). The minimum Gasteiger partial charge on any atom is -0.508 e. The fourth-order valence-electron chi connectivity index (χ4n) is 1.27. The maximum absolute atomic E-state index is 11.7. The van der Waals surface area contributed by atoms with Crippen LogP contribution in [0, 0.1) is 0 Å². The van der Waals surface area contributed by atoms with Gasteiger partial charge in [-0.3, -0.25) is 4.79 Å². The van der Waals surface area contributed by atoms with Crippen molar-refractivity contribution in [2.75, 3.05) is 6.54 Å². The highest BCUT2D eigenvalue weighted by molar-refractivity contribution is 5.92. The van der Waals surface area contributed by atoms with Crippen LogP contribution in [0.15, 0.2) is 24.3 Å². The van der Waals surface area contributed by atoms with Crippen molar-refractivity contribution in [3.8, 4) is 5.75 Å². The average molecular weight is 251 g/mol. The molecule has 0 aliphatic carbocycles. The van der Waals surface area contributed by atoms with Crippen molar-refractivity contribution < 1.29 is 19.4 Å². The van der Waals surface area contributed by atoms with E-state index in [1.54, 1.807) is 0 Å². The number of hydrogen-bond donors (Lipinski definition) is 2. The first kappa shape index (κ1) is 14.0. The highest BCUT2D eigenvalue weighted by Crippen LogP contribution is 2.11. The van der Waals surface area contributed by atoms with Crippen LogP contribution in [-0.2, 0) is 9.53 Å². The molecular formula is C13H17NO4. The van der Waals surface area contributed by atoms with Crippen LogP contribution in [0.3, 0.4) is 0 Å². The van der Waals surface area contributed by atoms with Crippen molar-refractivity contribution in [2.45, 2.75) is 26.4 Å². The van der Waals surface area contributed by atoms with E-state index in [-0.39, 0.29) is 11.7 Å². The number of carbonyl (C=O) groups is 2. The predicted octanol–water partition coefficient (Wildman–Crippen LogP) is 1.46. The lowest BCUT2D eigenvalue weighted by Crippen LogP contribution is -2.36. The van der Waals surface area contributed by atoms with E-state index in [9.17, 15) is 9.59 Å². The van der Waals surface area contributed by atoms with E-state index in [0.717, 1.165) is 6.42 Å². The van der Waals surface area contributed by atoms with Crippen LogP contribution in [0.25, 0.3) is 0 Å². The SMILES string of the molecule is CCCNC(=O)C(C)OC(=O)c1ccc(O)cc1. The Bertz CT molecular complexity index is 414. The Morgan fingerprint density at radius 3 is 2.50 bits per heavy atom. The number of aromatic hydroxyl groups is 1. The number of carbonyl (C=O) groups excluding carboxylic acids is 2. The van der Waals surface area contributed by atoms with Gasteiger partial charge in [-0.2, -0.15) is 0 Å². The zero-order valence-electron chi connectivity index (χ0n) is 10.5. The summed E-state index contributed by atoms with van der Waals surface area (Å²) in [5.74, 6) is -0.835. The van der Waals surface area contributed by atoms with Crippen LogP contribution >= 0.6 is 0 Å². The van der Waals surface area contributed by atoms with Gasteiger partial charge in [-0.15, -0.1) is 0 Å². The molecule has 0 aliphatic heterocycles. The summed E-state index contributed by atoms with van der Waals surface area (Å²) in [6, 6.07) is 5.65. The number of rotatable bonds is 5. The summed E-state index contributed by atoms with van der Waals surface area (Å²) in [6.45, 7) is 4.01. The molecule has 18 heavy (non-hydrogen) atoms. The van der Waals surface area contributed by atoms with Crippen molar-refractivity contribution in [2.24, 2.45) is 0 Å². The number of amides is 1. The van der Waals surface area contributed by atoms with E-state index in [4.69, 9.17) is 9.84 Å². The van der Waals surface area contributed by atoms with E-state index >= 15 is 0 Å². The second-order valence-corrected chi connectivity index (χ2v) is 3.89. The van der Waals surface area contributed by atoms with Crippen LogP contribution < -0.4 is 5.32 Å². The second kappa shape index (κ2) is 6.64. The summed E-state index contributed by atoms with van der Waals surface area (Å²) in [5.41, 5.74) is 0.294. The minimum absolute atomic E-state index is 0.0697. The van der Waals surface area contributed by atoms with E-state index < -0.39 is 12.1 Å². The average Bonchev–Trinajstić information content (AvgIpc) is 2.36. The molecule has 0 heterocycles. The number of hydrogen-bond acceptors (Lipinski definition) is 4. The van der Waals surface area contributed by atoms with Crippen LogP contribution in [0.4, 0.5) is 0 Å². The molecule has 5 nitrogen and oxygen atoms in total. The van der Waals surface area contributed by atoms with Gasteiger partial charge in [0.2, 0.25) is 0 Å². The van der Waals surface area contributed by atoms with E-state index in [1.807, 2.05) is 6.92 Å². The third kappa shape index (κ3) is 4.08. The van der Waals surface area contributed by atoms with E-state index in [2.05, 4.69) is 5.32 Å². The first-order valence-corrected chi connectivity index (χ1v) is 5.82. The van der Waals surface area contributed by atoms with Crippen LogP contribution in [0.5, 0.6) is 5.75 Å². The van der Waals surface area contributed by atoms with Crippen molar-refractivity contribution in [1.82, 2.24) is 5.32 Å². The highest BCUT2D eigenvalue weighted by atomic mass is 16.5. The predicted molar refractivity (Wildman–Crippen MR) is 66.3 cm³/mol. The van der Waals surface area contributed by atoms with Gasteiger partial charge in [-0.25, -0.2) is 4.79 Å². The molecule has 0 bridgehead atoms. The van der Waals surface area contributed by atoms with Crippen LogP contribution in [0.1, 0.15) is 30.6 Å². The number of phenolic OH excluding ortho intramolecular Hbond substituents is 1. The standard InChI is InChI=1S/C13H17NO4/c1-3-8-14-12(16)9(2)18-13(17)10-4-6-11(15)7-5-10/h4-7,9,15H,3,8H2,1-2H3,(H,14,16). The molecule has 1 aromatic rings. The summed E-state index contributed by atoms with van der Waals surface area (Å²) in [7, 11) is 0. The molecule has 1 aromatic carbocycles. The van der Waals surface area contributed by atoms with Gasteiger partial charge in [0.25, 0.3) is 5.91 Å². The summed E-state index contributed by atoms with van der Waals surface area (Å²) in [6.07, 6.45) is -0.0115. The van der Waals surface area contributed by atoms with Gasteiger partial charge < -0.3 is 15.2 Å². The fourth-order valence-corrected chi connectivity index (χ4v) is 1.27. The number of esters is 1. The molecule has 1 unspecified atom stereocenters. The molecule has 0 aromatic heterocycles. The highest BCUT2D eigenvalue weighted by Gasteiger charge is 2.18. The normalized spacial score (nSPS) is 11.7. The zero-order valence-corrected chi connectivity index (χ0v) is 10.5. The monoisotopic (exact) mass is 251 g/mol. The first-order chi connectivity index (χ1) is 8.54. The zero-order chi connectivity index (χ0) is 13.5. The maximum Gasteiger partial charge on any atom is 0.338 e. The third-order valence-corrected chi connectivity index (χ3v) is 2.31. The Morgan fingerprint density at radius 2 is 1.94 bits per heavy atom. The van der Waals surface area contributed by atoms with E-state index in [1.165, 1.54) is 31.2 Å². The molecular weight excluding hydrogens is 234 g/mol. The Labute approximate surface area is 106 Å². The van der Waals surface area contributed by atoms with Gasteiger partial charge in [-0.05, 0) is 37.6 Å². The molecule has 2 N–H and O–H groups in total. The smallest absolute Gasteiger partial charge is 0.338 e. The van der Waals surface area contributed by atoms with Crippen molar-refractivity contribution in [3.05, 3.63) is 29.8 Å². The van der Waals surface area contributed by atoms with Crippen LogP contribution in [0.2, 0.25) is 0 Å². The minimum atomic E-state index is -0.835. The molecule has 0 spiro atoms. The summed E-state index contributed by atoms with van der Waals surface area (Å²) in [5, 5.41) is 11.7. The molecule has 0 fully saturated rings. The molecule has 0 saturated carbocycles. The van der Waals surface area contributed by atoms with Gasteiger partial charge >= 0.3 is 5.97 Å².